The highest BCUT2D eigenvalue weighted by molar-refractivity contribution is 5.81. The molecule has 0 radical (unpaired) electrons. The molecule has 0 aromatic rings. The van der Waals surface area contributed by atoms with Crippen LogP contribution >= 0.6 is 0 Å². The van der Waals surface area contributed by atoms with E-state index in [1.54, 1.807) is 0 Å². The van der Waals surface area contributed by atoms with E-state index in [-0.39, 0.29) is 11.9 Å². The summed E-state index contributed by atoms with van der Waals surface area (Å²) in [6, 6.07) is 0.308. The van der Waals surface area contributed by atoms with Gasteiger partial charge in [-0.2, -0.15) is 0 Å². The van der Waals surface area contributed by atoms with Gasteiger partial charge < -0.3 is 10.6 Å². The molecule has 0 bridgehead atoms. The minimum atomic E-state index is -0.0906. The molecule has 0 aliphatic heterocycles. The largest absolute Gasteiger partial charge is 0.355 e. The molecule has 0 aromatic heterocycles. The van der Waals surface area contributed by atoms with Gasteiger partial charge in [-0.15, -0.1) is 0 Å². The van der Waals surface area contributed by atoms with Crippen LogP contribution in [0, 0.1) is 5.92 Å². The summed E-state index contributed by atoms with van der Waals surface area (Å²) in [4.78, 5) is 11.6. The van der Waals surface area contributed by atoms with Gasteiger partial charge in [0.15, 0.2) is 0 Å². The van der Waals surface area contributed by atoms with E-state index in [1.807, 2.05) is 6.92 Å². The van der Waals surface area contributed by atoms with Crippen LogP contribution in [0.4, 0.5) is 0 Å². The van der Waals surface area contributed by atoms with Crippen molar-refractivity contribution in [3.63, 3.8) is 0 Å². The Labute approximate surface area is 94.0 Å². The van der Waals surface area contributed by atoms with E-state index in [2.05, 4.69) is 38.3 Å². The lowest BCUT2D eigenvalue weighted by Crippen LogP contribution is -2.45. The van der Waals surface area contributed by atoms with Crippen LogP contribution < -0.4 is 10.6 Å². The standard InChI is InChI=1S/C12H26N2O/c1-6-10(4)14-11(5)12(15)13-8-7-9(2)3/h9-11,14H,6-8H2,1-5H3,(H,13,15). The Morgan fingerprint density at radius 2 is 1.80 bits per heavy atom. The van der Waals surface area contributed by atoms with Crippen LogP contribution in [0.25, 0.3) is 0 Å². The molecule has 3 heteroatoms. The van der Waals surface area contributed by atoms with Gasteiger partial charge in [0.1, 0.15) is 0 Å². The van der Waals surface area contributed by atoms with Crippen LogP contribution in [0.2, 0.25) is 0 Å². The number of amides is 1. The minimum Gasteiger partial charge on any atom is -0.355 e. The van der Waals surface area contributed by atoms with Crippen LogP contribution in [0.15, 0.2) is 0 Å². The second-order valence-electron chi connectivity index (χ2n) is 4.67. The molecule has 0 fully saturated rings. The molecule has 15 heavy (non-hydrogen) atoms. The lowest BCUT2D eigenvalue weighted by Gasteiger charge is -2.18. The summed E-state index contributed by atoms with van der Waals surface area (Å²) in [6.45, 7) is 11.2. The first-order valence-electron chi connectivity index (χ1n) is 6.01. The molecule has 0 rings (SSSR count). The molecule has 0 aliphatic carbocycles. The number of carbonyl (C=O) groups excluding carboxylic acids is 1. The Hall–Kier alpha value is -0.570. The second kappa shape index (κ2) is 7.69. The maximum Gasteiger partial charge on any atom is 0.236 e. The van der Waals surface area contributed by atoms with Gasteiger partial charge in [-0.3, -0.25) is 4.79 Å². The molecule has 0 spiro atoms. The van der Waals surface area contributed by atoms with Gasteiger partial charge in [-0.25, -0.2) is 0 Å². The van der Waals surface area contributed by atoms with Crippen molar-refractivity contribution in [3.8, 4) is 0 Å². The van der Waals surface area contributed by atoms with E-state index in [0.29, 0.717) is 12.0 Å². The third kappa shape index (κ3) is 7.37. The monoisotopic (exact) mass is 214 g/mol. The number of hydrogen-bond donors (Lipinski definition) is 2. The molecule has 0 aliphatic rings. The van der Waals surface area contributed by atoms with Crippen molar-refractivity contribution in [1.82, 2.24) is 10.6 Å². The molecule has 2 N–H and O–H groups in total. The van der Waals surface area contributed by atoms with Crippen LogP contribution in [-0.2, 0) is 4.79 Å². The molecule has 2 atom stereocenters. The predicted molar refractivity (Wildman–Crippen MR) is 64.8 cm³/mol. The van der Waals surface area contributed by atoms with Crippen molar-refractivity contribution < 1.29 is 4.79 Å². The summed E-state index contributed by atoms with van der Waals surface area (Å²) in [5.41, 5.74) is 0. The van der Waals surface area contributed by atoms with E-state index in [1.165, 1.54) is 0 Å². The summed E-state index contributed by atoms with van der Waals surface area (Å²) >= 11 is 0. The van der Waals surface area contributed by atoms with Gasteiger partial charge in [0.2, 0.25) is 5.91 Å². The second-order valence-corrected chi connectivity index (χ2v) is 4.67. The Morgan fingerprint density at radius 3 is 2.27 bits per heavy atom. The van der Waals surface area contributed by atoms with Crippen molar-refractivity contribution in [2.24, 2.45) is 5.92 Å². The molecule has 0 heterocycles. The van der Waals surface area contributed by atoms with Crippen molar-refractivity contribution in [3.05, 3.63) is 0 Å². The fraction of sp³-hybridized carbons (Fsp3) is 0.917. The topological polar surface area (TPSA) is 41.1 Å². The average Bonchev–Trinajstić information content (AvgIpc) is 2.16. The van der Waals surface area contributed by atoms with E-state index in [0.717, 1.165) is 19.4 Å². The minimum absolute atomic E-state index is 0.0906. The fourth-order valence-corrected chi connectivity index (χ4v) is 1.26. The van der Waals surface area contributed by atoms with Crippen molar-refractivity contribution >= 4 is 5.91 Å². The summed E-state index contributed by atoms with van der Waals surface area (Å²) in [6.07, 6.45) is 2.09. The highest BCUT2D eigenvalue weighted by Gasteiger charge is 2.13. The number of rotatable bonds is 7. The zero-order chi connectivity index (χ0) is 11.8. The summed E-state index contributed by atoms with van der Waals surface area (Å²) < 4.78 is 0. The SMILES string of the molecule is CCC(C)NC(C)C(=O)NCCC(C)C. The predicted octanol–water partition coefficient (Wildman–Crippen LogP) is 1.93. The van der Waals surface area contributed by atoms with E-state index in [9.17, 15) is 4.79 Å². The first-order valence-corrected chi connectivity index (χ1v) is 6.01. The van der Waals surface area contributed by atoms with Gasteiger partial charge >= 0.3 is 0 Å². The van der Waals surface area contributed by atoms with Crippen LogP contribution in [0.5, 0.6) is 0 Å². The van der Waals surface area contributed by atoms with Crippen molar-refractivity contribution in [2.45, 2.75) is 59.5 Å². The molecular weight excluding hydrogens is 188 g/mol. The molecule has 0 aromatic carbocycles. The molecule has 1 amide bonds. The Morgan fingerprint density at radius 1 is 1.20 bits per heavy atom. The molecule has 2 unspecified atom stereocenters. The Balaban J connectivity index is 3.69. The van der Waals surface area contributed by atoms with E-state index in [4.69, 9.17) is 0 Å². The average molecular weight is 214 g/mol. The van der Waals surface area contributed by atoms with Crippen molar-refractivity contribution in [2.75, 3.05) is 6.54 Å². The van der Waals surface area contributed by atoms with Gasteiger partial charge in [-0.1, -0.05) is 20.8 Å². The van der Waals surface area contributed by atoms with Gasteiger partial charge in [-0.05, 0) is 32.6 Å². The van der Waals surface area contributed by atoms with Crippen LogP contribution in [0.3, 0.4) is 0 Å². The normalized spacial score (nSPS) is 15.1. The Kier molecular flexibility index (Phi) is 7.39. The zero-order valence-corrected chi connectivity index (χ0v) is 10.8. The summed E-state index contributed by atoms with van der Waals surface area (Å²) in [7, 11) is 0. The third-order valence-corrected chi connectivity index (χ3v) is 2.56. The zero-order valence-electron chi connectivity index (χ0n) is 10.8. The number of hydrogen-bond acceptors (Lipinski definition) is 2. The number of carbonyl (C=O) groups is 1. The van der Waals surface area contributed by atoms with Gasteiger partial charge in [0.05, 0.1) is 6.04 Å². The lowest BCUT2D eigenvalue weighted by molar-refractivity contribution is -0.122. The number of nitrogens with one attached hydrogen (secondary N) is 2. The summed E-state index contributed by atoms with van der Waals surface area (Å²) in [5, 5.41) is 6.20. The fourth-order valence-electron chi connectivity index (χ4n) is 1.26. The maximum atomic E-state index is 11.6. The van der Waals surface area contributed by atoms with Gasteiger partial charge in [0, 0.05) is 12.6 Å². The first-order chi connectivity index (χ1) is 6.97. The quantitative estimate of drug-likeness (QED) is 0.680. The highest BCUT2D eigenvalue weighted by atomic mass is 16.2. The van der Waals surface area contributed by atoms with E-state index >= 15 is 0 Å². The molecular formula is C12H26N2O. The molecule has 0 saturated heterocycles. The maximum absolute atomic E-state index is 11.6. The lowest BCUT2D eigenvalue weighted by atomic mass is 10.1. The highest BCUT2D eigenvalue weighted by Crippen LogP contribution is 1.97. The van der Waals surface area contributed by atoms with E-state index < -0.39 is 0 Å². The Bertz CT molecular complexity index is 180. The molecule has 0 saturated carbocycles. The smallest absolute Gasteiger partial charge is 0.236 e. The van der Waals surface area contributed by atoms with Crippen LogP contribution in [-0.4, -0.2) is 24.5 Å². The van der Waals surface area contributed by atoms with Crippen LogP contribution in [0.1, 0.15) is 47.5 Å². The third-order valence-electron chi connectivity index (χ3n) is 2.56. The van der Waals surface area contributed by atoms with Gasteiger partial charge in [0.25, 0.3) is 0 Å². The summed E-state index contributed by atoms with van der Waals surface area (Å²) in [5.74, 6) is 0.749. The molecule has 3 nitrogen and oxygen atoms in total. The first kappa shape index (κ1) is 14.4. The van der Waals surface area contributed by atoms with Crippen molar-refractivity contribution in [1.29, 1.82) is 0 Å². The molecule has 90 valence electrons.